The molecule has 8 nitrogen and oxygen atoms in total. The van der Waals surface area contributed by atoms with Crippen LogP contribution < -0.4 is 10.6 Å². The van der Waals surface area contributed by atoms with Crippen molar-refractivity contribution in [3.05, 3.63) is 23.7 Å². The van der Waals surface area contributed by atoms with Crippen LogP contribution in [0.25, 0.3) is 0 Å². The van der Waals surface area contributed by atoms with Gasteiger partial charge in [-0.3, -0.25) is 9.48 Å². The van der Waals surface area contributed by atoms with E-state index in [9.17, 15) is 18.0 Å². The number of amides is 1. The lowest BCUT2D eigenvalue weighted by atomic mass is 10.0. The number of carbonyl (C=O) groups excluding carboxylic acids is 1. The van der Waals surface area contributed by atoms with Crippen LogP contribution in [0.4, 0.5) is 30.6 Å². The van der Waals surface area contributed by atoms with Crippen LogP contribution in [0.3, 0.4) is 0 Å². The standard InChI is InChI=1S/C20H26F3N7O/c1-3-24-17-15(20(21,22)23)10-25-19(27-17)26-16-11-30(28-12(16)2)14-6-8-29(9-7-14)18(31)13-4-5-13/h10-11,13-14H,3-9H2,1-2H3,(H2,24,25,26,27). The highest BCUT2D eigenvalue weighted by molar-refractivity contribution is 5.81. The molecule has 2 aromatic rings. The molecule has 3 heterocycles. The van der Waals surface area contributed by atoms with E-state index in [1.165, 1.54) is 0 Å². The Kier molecular flexibility index (Phi) is 5.76. The molecule has 1 saturated carbocycles. The number of aromatic nitrogens is 4. The number of hydrogen-bond donors (Lipinski definition) is 2. The summed E-state index contributed by atoms with van der Waals surface area (Å²) in [5.41, 5.74) is 0.434. The molecule has 1 amide bonds. The zero-order valence-electron chi connectivity index (χ0n) is 17.5. The van der Waals surface area contributed by atoms with Crippen LogP contribution in [0.5, 0.6) is 0 Å². The van der Waals surface area contributed by atoms with E-state index in [-0.39, 0.29) is 29.6 Å². The third-order valence-electron chi connectivity index (χ3n) is 5.68. The highest BCUT2D eigenvalue weighted by Crippen LogP contribution is 2.35. The Labute approximate surface area is 178 Å². The van der Waals surface area contributed by atoms with Gasteiger partial charge in [0.25, 0.3) is 0 Å². The molecule has 0 bridgehead atoms. The molecule has 0 aromatic carbocycles. The smallest absolute Gasteiger partial charge is 0.370 e. The Bertz CT molecular complexity index is 947. The molecule has 2 aliphatic rings. The Hall–Kier alpha value is -2.85. The number of carbonyl (C=O) groups is 1. The zero-order chi connectivity index (χ0) is 22.2. The van der Waals surface area contributed by atoms with Crippen molar-refractivity contribution < 1.29 is 18.0 Å². The molecule has 31 heavy (non-hydrogen) atoms. The topological polar surface area (TPSA) is 88.0 Å². The van der Waals surface area contributed by atoms with Gasteiger partial charge in [0.2, 0.25) is 11.9 Å². The van der Waals surface area contributed by atoms with Crippen LogP contribution in [-0.2, 0) is 11.0 Å². The predicted octanol–water partition coefficient (Wildman–Crippen LogP) is 3.75. The van der Waals surface area contributed by atoms with E-state index in [1.54, 1.807) is 6.92 Å². The fourth-order valence-corrected chi connectivity index (χ4v) is 3.80. The van der Waals surface area contributed by atoms with Gasteiger partial charge in [-0.25, -0.2) is 4.98 Å². The van der Waals surface area contributed by atoms with Crippen molar-refractivity contribution in [3.8, 4) is 0 Å². The lowest BCUT2D eigenvalue weighted by Crippen LogP contribution is -2.39. The molecule has 11 heteroatoms. The summed E-state index contributed by atoms with van der Waals surface area (Å²) in [4.78, 5) is 22.0. The van der Waals surface area contributed by atoms with E-state index >= 15 is 0 Å². The summed E-state index contributed by atoms with van der Waals surface area (Å²) in [5, 5.41) is 10.2. The third-order valence-corrected chi connectivity index (χ3v) is 5.68. The molecule has 2 aromatic heterocycles. The van der Waals surface area contributed by atoms with Gasteiger partial charge in [0.15, 0.2) is 0 Å². The molecule has 0 radical (unpaired) electrons. The van der Waals surface area contributed by atoms with E-state index in [4.69, 9.17) is 0 Å². The first kappa shape index (κ1) is 21.4. The second-order valence-electron chi connectivity index (χ2n) is 8.05. The van der Waals surface area contributed by atoms with Crippen LogP contribution in [0.15, 0.2) is 12.4 Å². The zero-order valence-corrected chi connectivity index (χ0v) is 17.5. The molecule has 1 aliphatic carbocycles. The maximum absolute atomic E-state index is 13.2. The average Bonchev–Trinajstić information content (AvgIpc) is 3.51. The number of nitrogens with zero attached hydrogens (tertiary/aromatic N) is 5. The highest BCUT2D eigenvalue weighted by Gasteiger charge is 2.36. The van der Waals surface area contributed by atoms with Gasteiger partial charge in [-0.2, -0.15) is 23.3 Å². The average molecular weight is 437 g/mol. The van der Waals surface area contributed by atoms with Crippen molar-refractivity contribution in [2.24, 2.45) is 5.92 Å². The maximum Gasteiger partial charge on any atom is 0.421 e. The minimum atomic E-state index is -4.54. The second-order valence-corrected chi connectivity index (χ2v) is 8.05. The van der Waals surface area contributed by atoms with Gasteiger partial charge in [-0.05, 0) is 39.5 Å². The van der Waals surface area contributed by atoms with Crippen LogP contribution >= 0.6 is 0 Å². The highest BCUT2D eigenvalue weighted by atomic mass is 19.4. The molecule has 0 spiro atoms. The number of hydrogen-bond acceptors (Lipinski definition) is 6. The normalized spacial score (nSPS) is 17.6. The summed E-state index contributed by atoms with van der Waals surface area (Å²) in [6, 6.07) is 0.170. The van der Waals surface area contributed by atoms with Crippen molar-refractivity contribution in [2.75, 3.05) is 30.3 Å². The lowest BCUT2D eigenvalue weighted by molar-refractivity contribution is -0.137. The van der Waals surface area contributed by atoms with E-state index in [0.717, 1.165) is 45.0 Å². The third kappa shape index (κ3) is 4.75. The first-order valence-electron chi connectivity index (χ1n) is 10.6. The summed E-state index contributed by atoms with van der Waals surface area (Å²) in [7, 11) is 0. The quantitative estimate of drug-likeness (QED) is 0.716. The summed E-state index contributed by atoms with van der Waals surface area (Å²) >= 11 is 0. The van der Waals surface area contributed by atoms with E-state index in [1.807, 2.05) is 22.7 Å². The minimum Gasteiger partial charge on any atom is -0.370 e. The Morgan fingerprint density at radius 2 is 1.94 bits per heavy atom. The SMILES string of the molecule is CCNc1nc(Nc2cn(C3CCN(C(=O)C4CC4)CC3)nc2C)ncc1C(F)(F)F. The van der Waals surface area contributed by atoms with Crippen molar-refractivity contribution in [1.82, 2.24) is 24.6 Å². The fourth-order valence-electron chi connectivity index (χ4n) is 3.80. The van der Waals surface area contributed by atoms with Crippen LogP contribution in [0, 0.1) is 12.8 Å². The molecule has 1 aliphatic heterocycles. The van der Waals surface area contributed by atoms with Crippen molar-refractivity contribution >= 4 is 23.4 Å². The van der Waals surface area contributed by atoms with E-state index in [0.29, 0.717) is 17.9 Å². The minimum absolute atomic E-state index is 0.0662. The van der Waals surface area contributed by atoms with Gasteiger partial charge in [-0.1, -0.05) is 0 Å². The van der Waals surface area contributed by atoms with Crippen LogP contribution in [-0.4, -0.2) is 50.2 Å². The van der Waals surface area contributed by atoms with Crippen LogP contribution in [0.1, 0.15) is 49.9 Å². The van der Waals surface area contributed by atoms with Crippen LogP contribution in [0.2, 0.25) is 0 Å². The van der Waals surface area contributed by atoms with Crippen molar-refractivity contribution in [1.29, 1.82) is 0 Å². The lowest BCUT2D eigenvalue weighted by Gasteiger charge is -2.32. The number of piperidine rings is 1. The van der Waals surface area contributed by atoms with E-state index < -0.39 is 11.7 Å². The van der Waals surface area contributed by atoms with Gasteiger partial charge in [-0.15, -0.1) is 0 Å². The van der Waals surface area contributed by atoms with Gasteiger partial charge in [0.1, 0.15) is 11.4 Å². The predicted molar refractivity (Wildman–Crippen MR) is 109 cm³/mol. The van der Waals surface area contributed by atoms with Gasteiger partial charge >= 0.3 is 6.18 Å². The largest absolute Gasteiger partial charge is 0.421 e. The molecule has 4 rings (SSSR count). The Morgan fingerprint density at radius 1 is 1.23 bits per heavy atom. The summed E-state index contributed by atoms with van der Waals surface area (Å²) < 4.78 is 41.3. The number of anilines is 3. The first-order chi connectivity index (χ1) is 14.8. The number of alkyl halides is 3. The molecule has 2 N–H and O–H groups in total. The van der Waals surface area contributed by atoms with Crippen molar-refractivity contribution in [2.45, 2.75) is 51.7 Å². The number of likely N-dealkylation sites (tertiary alicyclic amines) is 1. The molecule has 1 saturated heterocycles. The van der Waals surface area contributed by atoms with Gasteiger partial charge in [0.05, 0.1) is 17.4 Å². The summed E-state index contributed by atoms with van der Waals surface area (Å²) in [6.07, 6.45) is 1.72. The van der Waals surface area contributed by atoms with E-state index in [2.05, 4.69) is 25.7 Å². The number of halogens is 3. The molecule has 168 valence electrons. The van der Waals surface area contributed by atoms with Crippen molar-refractivity contribution in [3.63, 3.8) is 0 Å². The fraction of sp³-hybridized carbons (Fsp3) is 0.600. The molecular formula is C20H26F3N7O. The maximum atomic E-state index is 13.2. The second kappa shape index (κ2) is 8.35. The number of nitrogens with one attached hydrogen (secondary N) is 2. The number of aryl methyl sites for hydroxylation is 1. The Morgan fingerprint density at radius 3 is 2.55 bits per heavy atom. The Balaban J connectivity index is 1.45. The summed E-state index contributed by atoms with van der Waals surface area (Å²) in [5.74, 6) is 0.310. The molecule has 0 unspecified atom stereocenters. The molecular weight excluding hydrogens is 411 g/mol. The van der Waals surface area contributed by atoms with Gasteiger partial charge < -0.3 is 15.5 Å². The molecule has 2 fully saturated rings. The summed E-state index contributed by atoms with van der Waals surface area (Å²) in [6.45, 7) is 5.26. The first-order valence-corrected chi connectivity index (χ1v) is 10.6. The molecule has 0 atom stereocenters. The van der Waals surface area contributed by atoms with Gasteiger partial charge in [0, 0.05) is 37.9 Å². The monoisotopic (exact) mass is 437 g/mol. The number of rotatable bonds is 6.